The number of hydrogen-bond acceptors (Lipinski definition) is 6. The number of carbonyl (C=O) groups is 2. The molecule has 0 radical (unpaired) electrons. The molecule has 0 aromatic carbocycles. The Morgan fingerprint density at radius 1 is 0.407 bits per heavy atom. The number of nitrogens with zero attached hydrogens (tertiary/aromatic N) is 1. The van der Waals surface area contributed by atoms with Gasteiger partial charge in [-0.2, -0.15) is 0 Å². The highest BCUT2D eigenvalue weighted by atomic mass is 31.2. The molecule has 0 aromatic heterocycles. The summed E-state index contributed by atoms with van der Waals surface area (Å²) in [6.45, 7) is 6.97. The zero-order chi connectivity index (χ0) is 62.8. The van der Waals surface area contributed by atoms with Crippen molar-refractivity contribution >= 4 is 19.7 Å². The Bertz CT molecular complexity index is 1790. The van der Waals surface area contributed by atoms with Crippen LogP contribution in [0.1, 0.15) is 323 Å². The Morgan fingerprint density at radius 2 is 0.709 bits per heavy atom. The van der Waals surface area contributed by atoms with Gasteiger partial charge in [-0.15, -0.1) is 0 Å². The predicted molar refractivity (Wildman–Crippen MR) is 374 cm³/mol. The standard InChI is InChI=1S/C76H137N2O7P/c1-7-10-13-16-19-22-25-28-30-32-34-36-38-39-41-42-44-46-48-50-53-56-59-62-65-68-75(79)77-73(72-84-86(81,82)83-71-70-78(4,5)6)74(67-64-61-58-55-52-27-24-21-18-15-12-9-3)85-76(80)69-66-63-60-57-54-51-49-47-45-43-40-37-35-33-31-29-26-23-20-17-14-11-8-2/h19-20,22-23,28-31,34-37,39,41,64,67,73-74H,7-18,21,24-27,32-33,38,40,42-63,65-66,68-72H2,1-6H3,(H-,77,79,81,82)/p+1/b22-19-,23-20-,30-28-,31-29-,36-34-,37-35-,41-39-,67-64+. The highest BCUT2D eigenvalue weighted by molar-refractivity contribution is 7.47. The van der Waals surface area contributed by atoms with Gasteiger partial charge >= 0.3 is 13.8 Å². The van der Waals surface area contributed by atoms with Gasteiger partial charge in [0.1, 0.15) is 19.3 Å². The average Bonchev–Trinajstić information content (AvgIpc) is 3.69. The fourth-order valence-electron chi connectivity index (χ4n) is 10.2. The Hall–Kier alpha value is -3.07. The Morgan fingerprint density at radius 3 is 1.08 bits per heavy atom. The summed E-state index contributed by atoms with van der Waals surface area (Å²) in [5.41, 5.74) is 0. The second-order valence-electron chi connectivity index (χ2n) is 25.4. The second kappa shape index (κ2) is 64.9. The highest BCUT2D eigenvalue weighted by Gasteiger charge is 2.30. The first-order valence-electron chi connectivity index (χ1n) is 36.1. The lowest BCUT2D eigenvalue weighted by molar-refractivity contribution is -0.870. The molecule has 3 unspecified atom stereocenters. The number of carbonyl (C=O) groups excluding carboxylic acids is 2. The van der Waals surface area contributed by atoms with E-state index in [-0.39, 0.29) is 31.5 Å². The first kappa shape index (κ1) is 82.9. The minimum absolute atomic E-state index is 0.0347. The lowest BCUT2D eigenvalue weighted by Gasteiger charge is -2.27. The smallest absolute Gasteiger partial charge is 0.456 e. The molecular weight excluding hydrogens is 1080 g/mol. The zero-order valence-corrected chi connectivity index (χ0v) is 57.9. The van der Waals surface area contributed by atoms with Crippen LogP contribution in [0.25, 0.3) is 0 Å². The van der Waals surface area contributed by atoms with E-state index in [1.165, 1.54) is 186 Å². The number of nitrogens with one attached hydrogen (secondary N) is 1. The van der Waals surface area contributed by atoms with Crippen LogP contribution >= 0.6 is 7.82 Å². The van der Waals surface area contributed by atoms with Gasteiger partial charge < -0.3 is 19.4 Å². The molecule has 3 atom stereocenters. The van der Waals surface area contributed by atoms with Gasteiger partial charge in [-0.25, -0.2) is 4.57 Å². The van der Waals surface area contributed by atoms with Crippen molar-refractivity contribution in [2.24, 2.45) is 0 Å². The van der Waals surface area contributed by atoms with Crippen LogP contribution in [0, 0.1) is 0 Å². The molecule has 2 N–H and O–H groups in total. The Kier molecular flexibility index (Phi) is 62.6. The van der Waals surface area contributed by atoms with Gasteiger partial charge in [0.15, 0.2) is 0 Å². The average molecular weight is 1220 g/mol. The third-order valence-electron chi connectivity index (χ3n) is 15.7. The van der Waals surface area contributed by atoms with E-state index in [1.54, 1.807) is 0 Å². The highest BCUT2D eigenvalue weighted by Crippen LogP contribution is 2.43. The normalized spacial score (nSPS) is 14.1. The monoisotopic (exact) mass is 1220 g/mol. The number of phosphoric ester groups is 1. The first-order chi connectivity index (χ1) is 41.9. The molecule has 86 heavy (non-hydrogen) atoms. The maximum atomic E-state index is 13.6. The third kappa shape index (κ3) is 65.4. The van der Waals surface area contributed by atoms with Crippen LogP contribution in [0.5, 0.6) is 0 Å². The Balaban J connectivity index is 5.09. The number of rotatable bonds is 65. The molecule has 0 aromatic rings. The predicted octanol–water partition coefficient (Wildman–Crippen LogP) is 23.1. The van der Waals surface area contributed by atoms with Crippen molar-refractivity contribution in [1.82, 2.24) is 5.32 Å². The summed E-state index contributed by atoms with van der Waals surface area (Å²) in [5, 5.41) is 3.07. The zero-order valence-electron chi connectivity index (χ0n) is 57.0. The molecule has 498 valence electrons. The molecule has 0 saturated carbocycles. The fourth-order valence-corrected chi connectivity index (χ4v) is 10.9. The van der Waals surface area contributed by atoms with E-state index in [0.717, 1.165) is 103 Å². The van der Waals surface area contributed by atoms with Crippen molar-refractivity contribution in [3.05, 3.63) is 97.2 Å². The van der Waals surface area contributed by atoms with Crippen molar-refractivity contribution in [3.8, 4) is 0 Å². The van der Waals surface area contributed by atoms with E-state index < -0.39 is 20.0 Å². The number of esters is 1. The van der Waals surface area contributed by atoms with Gasteiger partial charge in [0.2, 0.25) is 5.91 Å². The maximum absolute atomic E-state index is 13.6. The quantitative estimate of drug-likeness (QED) is 0.0205. The lowest BCUT2D eigenvalue weighted by Crippen LogP contribution is -2.47. The summed E-state index contributed by atoms with van der Waals surface area (Å²) in [5.74, 6) is -0.512. The number of phosphoric acid groups is 1. The number of hydrogen-bond donors (Lipinski definition) is 2. The summed E-state index contributed by atoms with van der Waals surface area (Å²) < 4.78 is 30.8. The van der Waals surface area contributed by atoms with Crippen LogP contribution in [0.2, 0.25) is 0 Å². The topological polar surface area (TPSA) is 111 Å². The number of ether oxygens (including phenoxy) is 1. The molecule has 0 spiro atoms. The molecule has 0 aliphatic carbocycles. The van der Waals surface area contributed by atoms with E-state index in [4.69, 9.17) is 13.8 Å². The van der Waals surface area contributed by atoms with Crippen LogP contribution in [0.15, 0.2) is 97.2 Å². The minimum Gasteiger partial charge on any atom is -0.456 e. The number of amides is 1. The van der Waals surface area contributed by atoms with Gasteiger partial charge in [-0.05, 0) is 115 Å². The SMILES string of the molecule is CCCCC/C=C\C/C=C\C/C=C\C/C=C\CCCCCCCCCCCC(=O)NC(COP(=O)(O)OCC[N+](C)(C)C)C(/C=C/CCCCCCCCCCCC)OC(=O)CCCCCCCCCCCC/C=C\C/C=C\C/C=C\CCCCC. The van der Waals surface area contributed by atoms with Crippen molar-refractivity contribution in [3.63, 3.8) is 0 Å². The van der Waals surface area contributed by atoms with E-state index >= 15 is 0 Å². The number of quaternary nitrogens is 1. The molecule has 9 nitrogen and oxygen atoms in total. The summed E-state index contributed by atoms with van der Waals surface area (Å²) in [6.07, 6.45) is 88.4. The van der Waals surface area contributed by atoms with E-state index in [9.17, 15) is 19.0 Å². The van der Waals surface area contributed by atoms with Crippen LogP contribution < -0.4 is 5.32 Å². The van der Waals surface area contributed by atoms with E-state index in [0.29, 0.717) is 17.4 Å². The number of unbranched alkanes of at least 4 members (excludes halogenated alkanes) is 35. The van der Waals surface area contributed by atoms with Gasteiger partial charge in [0.05, 0.1) is 33.8 Å². The van der Waals surface area contributed by atoms with Crippen LogP contribution in [0.3, 0.4) is 0 Å². The van der Waals surface area contributed by atoms with E-state index in [1.807, 2.05) is 33.3 Å². The summed E-state index contributed by atoms with van der Waals surface area (Å²) >= 11 is 0. The molecular formula is C76H138N2O7P+. The molecule has 0 aliphatic rings. The third-order valence-corrected chi connectivity index (χ3v) is 16.7. The van der Waals surface area contributed by atoms with Crippen LogP contribution in [0.4, 0.5) is 0 Å². The van der Waals surface area contributed by atoms with Gasteiger partial charge in [0, 0.05) is 12.8 Å². The fraction of sp³-hybridized carbons (Fsp3) is 0.763. The first-order valence-corrected chi connectivity index (χ1v) is 37.6. The molecule has 0 heterocycles. The second-order valence-corrected chi connectivity index (χ2v) is 26.9. The summed E-state index contributed by atoms with van der Waals surface area (Å²) in [4.78, 5) is 37.9. The number of allylic oxidation sites excluding steroid dienone is 15. The van der Waals surface area contributed by atoms with Crippen LogP contribution in [-0.2, 0) is 27.9 Å². The van der Waals surface area contributed by atoms with Crippen molar-refractivity contribution in [1.29, 1.82) is 0 Å². The minimum atomic E-state index is -4.46. The summed E-state index contributed by atoms with van der Waals surface area (Å²) in [6, 6.07) is -0.860. The molecule has 0 saturated heterocycles. The van der Waals surface area contributed by atoms with Gasteiger partial charge in [-0.3, -0.25) is 18.6 Å². The van der Waals surface area contributed by atoms with Crippen molar-refractivity contribution in [2.45, 2.75) is 335 Å². The molecule has 1 amide bonds. The van der Waals surface area contributed by atoms with Gasteiger partial charge in [0.25, 0.3) is 0 Å². The summed E-state index contributed by atoms with van der Waals surface area (Å²) in [7, 11) is 1.49. The van der Waals surface area contributed by atoms with E-state index in [2.05, 4.69) is 111 Å². The molecule has 0 fully saturated rings. The van der Waals surface area contributed by atoms with Crippen LogP contribution in [-0.4, -0.2) is 74.3 Å². The largest absolute Gasteiger partial charge is 0.472 e. The van der Waals surface area contributed by atoms with Crippen molar-refractivity contribution in [2.75, 3.05) is 40.9 Å². The molecule has 0 rings (SSSR count). The molecule has 10 heteroatoms. The van der Waals surface area contributed by atoms with Crippen molar-refractivity contribution < 1.29 is 37.3 Å². The molecule has 0 aliphatic heterocycles. The van der Waals surface area contributed by atoms with Gasteiger partial charge in [-0.1, -0.05) is 292 Å². The lowest BCUT2D eigenvalue weighted by atomic mass is 10.0. The maximum Gasteiger partial charge on any atom is 0.472 e. The molecule has 0 bridgehead atoms. The number of likely N-dealkylation sites (N-methyl/N-ethyl adjacent to an activating group) is 1. The Labute approximate surface area is 532 Å².